The fourth-order valence-corrected chi connectivity index (χ4v) is 2.86. The average Bonchev–Trinajstić information content (AvgIpc) is 2.20. The van der Waals surface area contributed by atoms with Crippen LogP contribution in [0.3, 0.4) is 0 Å². The van der Waals surface area contributed by atoms with Gasteiger partial charge >= 0.3 is 0 Å². The quantitative estimate of drug-likeness (QED) is 0.778. The molecule has 1 aliphatic heterocycles. The lowest BCUT2D eigenvalue weighted by atomic mass is 10.1. The fraction of sp³-hybridized carbons (Fsp3) is 0.455. The molecule has 3 heteroatoms. The van der Waals surface area contributed by atoms with Crippen LogP contribution in [0, 0.1) is 6.92 Å². The van der Waals surface area contributed by atoms with Gasteiger partial charge < -0.3 is 10.6 Å². The Hall–Kier alpha value is -0.670. The van der Waals surface area contributed by atoms with Crippen LogP contribution in [-0.4, -0.2) is 25.4 Å². The second-order valence-electron chi connectivity index (χ2n) is 3.66. The third-order valence-electron chi connectivity index (χ3n) is 2.47. The van der Waals surface area contributed by atoms with E-state index in [9.17, 15) is 0 Å². The van der Waals surface area contributed by atoms with Crippen molar-refractivity contribution in [2.75, 3.05) is 24.7 Å². The molecule has 1 atom stereocenters. The van der Waals surface area contributed by atoms with Crippen LogP contribution in [-0.2, 0) is 0 Å². The van der Waals surface area contributed by atoms with Crippen LogP contribution in [0.5, 0.6) is 0 Å². The van der Waals surface area contributed by atoms with Gasteiger partial charge in [-0.15, -0.1) is 11.8 Å². The summed E-state index contributed by atoms with van der Waals surface area (Å²) in [5.41, 5.74) is 2.67. The van der Waals surface area contributed by atoms with E-state index >= 15 is 0 Å². The molecule has 2 nitrogen and oxygen atoms in total. The van der Waals surface area contributed by atoms with E-state index in [2.05, 4.69) is 35.8 Å². The molecule has 0 saturated heterocycles. The predicted molar refractivity (Wildman–Crippen MR) is 63.2 cm³/mol. The SMILES string of the molecule is CNCC1CSc2cccc(C)c2N1. The third kappa shape index (κ3) is 1.88. The Kier molecular flexibility index (Phi) is 2.99. The first-order chi connectivity index (χ1) is 6.81. The molecule has 0 amide bonds. The number of hydrogen-bond donors (Lipinski definition) is 2. The number of hydrogen-bond acceptors (Lipinski definition) is 3. The van der Waals surface area contributed by atoms with Gasteiger partial charge in [0.25, 0.3) is 0 Å². The first kappa shape index (κ1) is 9.87. The van der Waals surface area contributed by atoms with Crippen molar-refractivity contribution in [1.82, 2.24) is 5.32 Å². The zero-order chi connectivity index (χ0) is 9.97. The number of aryl methyl sites for hydroxylation is 1. The summed E-state index contributed by atoms with van der Waals surface area (Å²) < 4.78 is 0. The maximum atomic E-state index is 3.58. The number of para-hydroxylation sites is 1. The van der Waals surface area contributed by atoms with Gasteiger partial charge in [0, 0.05) is 23.2 Å². The molecule has 0 aliphatic carbocycles. The molecule has 1 aromatic rings. The van der Waals surface area contributed by atoms with E-state index in [1.165, 1.54) is 16.1 Å². The first-order valence-electron chi connectivity index (χ1n) is 4.95. The maximum absolute atomic E-state index is 3.58. The molecule has 0 saturated carbocycles. The average molecular weight is 208 g/mol. The number of anilines is 1. The van der Waals surface area contributed by atoms with E-state index in [1.807, 2.05) is 18.8 Å². The second kappa shape index (κ2) is 4.24. The number of thioether (sulfide) groups is 1. The van der Waals surface area contributed by atoms with Gasteiger partial charge in [0.15, 0.2) is 0 Å². The topological polar surface area (TPSA) is 24.1 Å². The number of rotatable bonds is 2. The Balaban J connectivity index is 2.20. The van der Waals surface area contributed by atoms with Gasteiger partial charge in [0.1, 0.15) is 0 Å². The van der Waals surface area contributed by atoms with Gasteiger partial charge in [-0.3, -0.25) is 0 Å². The number of nitrogens with one attached hydrogen (secondary N) is 2. The van der Waals surface area contributed by atoms with Crippen molar-refractivity contribution < 1.29 is 0 Å². The van der Waals surface area contributed by atoms with Crippen LogP contribution in [0.2, 0.25) is 0 Å². The van der Waals surface area contributed by atoms with Crippen molar-refractivity contribution in [2.24, 2.45) is 0 Å². The highest BCUT2D eigenvalue weighted by molar-refractivity contribution is 7.99. The molecule has 1 unspecified atom stereocenters. The molecule has 0 aromatic heterocycles. The Labute approximate surface area is 89.5 Å². The van der Waals surface area contributed by atoms with E-state index in [0.29, 0.717) is 6.04 Å². The summed E-state index contributed by atoms with van der Waals surface area (Å²) in [4.78, 5) is 1.39. The zero-order valence-electron chi connectivity index (χ0n) is 8.63. The minimum absolute atomic E-state index is 0.554. The first-order valence-corrected chi connectivity index (χ1v) is 5.93. The van der Waals surface area contributed by atoms with E-state index in [1.54, 1.807) is 0 Å². The monoisotopic (exact) mass is 208 g/mol. The molecular formula is C11H16N2S. The molecule has 76 valence electrons. The van der Waals surface area contributed by atoms with Crippen LogP contribution in [0.25, 0.3) is 0 Å². The van der Waals surface area contributed by atoms with Gasteiger partial charge in [0.2, 0.25) is 0 Å². The summed E-state index contributed by atoms with van der Waals surface area (Å²) in [5, 5.41) is 6.79. The summed E-state index contributed by atoms with van der Waals surface area (Å²) >= 11 is 1.95. The normalized spacial score (nSPS) is 20.0. The van der Waals surface area contributed by atoms with E-state index in [4.69, 9.17) is 0 Å². The van der Waals surface area contributed by atoms with Crippen molar-refractivity contribution in [1.29, 1.82) is 0 Å². The second-order valence-corrected chi connectivity index (χ2v) is 4.72. The summed E-state index contributed by atoms with van der Waals surface area (Å²) in [5.74, 6) is 1.15. The molecule has 0 bridgehead atoms. The number of benzene rings is 1. The van der Waals surface area contributed by atoms with Gasteiger partial charge in [0.05, 0.1) is 5.69 Å². The van der Waals surface area contributed by atoms with Gasteiger partial charge in [-0.1, -0.05) is 12.1 Å². The Morgan fingerprint density at radius 1 is 1.57 bits per heavy atom. The van der Waals surface area contributed by atoms with Crippen LogP contribution in [0.1, 0.15) is 5.56 Å². The van der Waals surface area contributed by atoms with Gasteiger partial charge in [-0.2, -0.15) is 0 Å². The van der Waals surface area contributed by atoms with Crippen molar-refractivity contribution >= 4 is 17.4 Å². The standard InChI is InChI=1S/C11H16N2S/c1-8-4-3-5-10-11(8)13-9(6-12-2)7-14-10/h3-5,9,12-13H,6-7H2,1-2H3. The Morgan fingerprint density at radius 2 is 2.43 bits per heavy atom. The minimum atomic E-state index is 0.554. The van der Waals surface area contributed by atoms with E-state index in [0.717, 1.165) is 12.3 Å². The maximum Gasteiger partial charge on any atom is 0.0510 e. The lowest BCUT2D eigenvalue weighted by Gasteiger charge is -2.27. The van der Waals surface area contributed by atoms with Crippen molar-refractivity contribution in [2.45, 2.75) is 17.9 Å². The highest BCUT2D eigenvalue weighted by atomic mass is 32.2. The third-order valence-corrected chi connectivity index (χ3v) is 3.69. The predicted octanol–water partition coefficient (Wildman–Crippen LogP) is 2.10. The molecule has 2 N–H and O–H groups in total. The summed E-state index contributed by atoms with van der Waals surface area (Å²) in [6.45, 7) is 3.19. The fourth-order valence-electron chi connectivity index (χ4n) is 1.74. The minimum Gasteiger partial charge on any atom is -0.379 e. The zero-order valence-corrected chi connectivity index (χ0v) is 9.45. The molecule has 1 aliphatic rings. The lowest BCUT2D eigenvalue weighted by Crippen LogP contribution is -2.35. The van der Waals surface area contributed by atoms with Crippen LogP contribution < -0.4 is 10.6 Å². The van der Waals surface area contributed by atoms with Crippen LogP contribution >= 0.6 is 11.8 Å². The highest BCUT2D eigenvalue weighted by Crippen LogP contribution is 2.34. The van der Waals surface area contributed by atoms with Gasteiger partial charge in [-0.25, -0.2) is 0 Å². The molecule has 1 aromatic carbocycles. The molecule has 0 fully saturated rings. The summed E-state index contributed by atoms with van der Waals surface area (Å²) in [7, 11) is 2.00. The van der Waals surface area contributed by atoms with Crippen molar-refractivity contribution in [3.8, 4) is 0 Å². The molecule has 1 heterocycles. The van der Waals surface area contributed by atoms with E-state index < -0.39 is 0 Å². The number of likely N-dealkylation sites (N-methyl/N-ethyl adjacent to an activating group) is 1. The van der Waals surface area contributed by atoms with Crippen molar-refractivity contribution in [3.63, 3.8) is 0 Å². The lowest BCUT2D eigenvalue weighted by molar-refractivity contribution is 0.701. The molecule has 14 heavy (non-hydrogen) atoms. The molecular weight excluding hydrogens is 192 g/mol. The van der Waals surface area contributed by atoms with Crippen molar-refractivity contribution in [3.05, 3.63) is 23.8 Å². The Morgan fingerprint density at radius 3 is 3.21 bits per heavy atom. The smallest absolute Gasteiger partial charge is 0.0510 e. The highest BCUT2D eigenvalue weighted by Gasteiger charge is 2.18. The summed E-state index contributed by atoms with van der Waals surface area (Å²) in [6, 6.07) is 7.03. The van der Waals surface area contributed by atoms with Crippen LogP contribution in [0.15, 0.2) is 23.1 Å². The number of fused-ring (bicyclic) bond motifs is 1. The largest absolute Gasteiger partial charge is 0.379 e. The van der Waals surface area contributed by atoms with Gasteiger partial charge in [-0.05, 0) is 25.6 Å². The van der Waals surface area contributed by atoms with E-state index in [-0.39, 0.29) is 0 Å². The molecule has 0 radical (unpaired) electrons. The molecule has 0 spiro atoms. The Bertz CT molecular complexity index is 325. The summed E-state index contributed by atoms with van der Waals surface area (Å²) in [6.07, 6.45) is 0. The van der Waals surface area contributed by atoms with Crippen LogP contribution in [0.4, 0.5) is 5.69 Å². The molecule has 2 rings (SSSR count).